The van der Waals surface area contributed by atoms with Gasteiger partial charge in [0.15, 0.2) is 0 Å². The van der Waals surface area contributed by atoms with Crippen molar-refractivity contribution in [3.8, 4) is 0 Å². The van der Waals surface area contributed by atoms with Crippen LogP contribution in [0.2, 0.25) is 0 Å². The zero-order valence-corrected chi connectivity index (χ0v) is 14.7. The second-order valence-electron chi connectivity index (χ2n) is 4.88. The van der Waals surface area contributed by atoms with Gasteiger partial charge in [-0.3, -0.25) is 4.79 Å². The number of carbonyl (C=O) groups is 1. The SMILES string of the molecule is CCNCCCCNC(=O)COCCOCCOCCOCC.[HH].[HH]. The summed E-state index contributed by atoms with van der Waals surface area (Å²) in [5.74, 6) is -0.0762. The van der Waals surface area contributed by atoms with Gasteiger partial charge in [0, 0.05) is 16.0 Å². The summed E-state index contributed by atoms with van der Waals surface area (Å²) in [4.78, 5) is 11.5. The van der Waals surface area contributed by atoms with Gasteiger partial charge in [-0.1, -0.05) is 6.92 Å². The molecular formula is C16H38N2O5. The molecule has 0 aliphatic heterocycles. The lowest BCUT2D eigenvalue weighted by Gasteiger charge is -2.08. The number of hydrogen-bond acceptors (Lipinski definition) is 6. The Morgan fingerprint density at radius 1 is 0.826 bits per heavy atom. The molecule has 7 nitrogen and oxygen atoms in total. The van der Waals surface area contributed by atoms with Gasteiger partial charge in [-0.25, -0.2) is 0 Å². The number of hydrogen-bond donors (Lipinski definition) is 2. The van der Waals surface area contributed by atoms with E-state index in [9.17, 15) is 4.79 Å². The maximum absolute atomic E-state index is 11.5. The van der Waals surface area contributed by atoms with E-state index in [1.165, 1.54) is 0 Å². The van der Waals surface area contributed by atoms with Crippen molar-refractivity contribution in [2.75, 3.05) is 72.5 Å². The quantitative estimate of drug-likeness (QED) is 0.364. The van der Waals surface area contributed by atoms with Gasteiger partial charge in [0.2, 0.25) is 5.91 Å². The third-order valence-electron chi connectivity index (χ3n) is 2.91. The van der Waals surface area contributed by atoms with Crippen LogP contribution < -0.4 is 10.6 Å². The Morgan fingerprint density at radius 3 is 2.00 bits per heavy atom. The Labute approximate surface area is 143 Å². The summed E-state index contributed by atoms with van der Waals surface area (Å²) in [5, 5.41) is 6.08. The van der Waals surface area contributed by atoms with E-state index in [0.29, 0.717) is 52.8 Å². The molecule has 0 heterocycles. The minimum absolute atomic E-state index is 0. The summed E-state index contributed by atoms with van der Waals surface area (Å²) in [7, 11) is 0. The first-order valence-corrected chi connectivity index (χ1v) is 8.59. The van der Waals surface area contributed by atoms with E-state index in [-0.39, 0.29) is 15.4 Å². The molecule has 0 atom stereocenters. The molecule has 0 aliphatic carbocycles. The van der Waals surface area contributed by atoms with E-state index in [4.69, 9.17) is 18.9 Å². The third kappa shape index (κ3) is 19.2. The van der Waals surface area contributed by atoms with Crippen molar-refractivity contribution in [2.24, 2.45) is 0 Å². The smallest absolute Gasteiger partial charge is 0.245 e. The van der Waals surface area contributed by atoms with Crippen molar-refractivity contribution in [1.29, 1.82) is 0 Å². The molecule has 0 saturated heterocycles. The molecular weight excluding hydrogens is 300 g/mol. The molecule has 1 amide bonds. The summed E-state index contributed by atoms with van der Waals surface area (Å²) >= 11 is 0. The molecule has 0 fully saturated rings. The zero-order chi connectivity index (χ0) is 17.0. The average molecular weight is 338 g/mol. The maximum Gasteiger partial charge on any atom is 0.245 e. The van der Waals surface area contributed by atoms with Crippen molar-refractivity contribution in [1.82, 2.24) is 10.6 Å². The molecule has 0 aliphatic rings. The molecule has 0 aromatic heterocycles. The minimum Gasteiger partial charge on any atom is -0.379 e. The van der Waals surface area contributed by atoms with Gasteiger partial charge in [-0.15, -0.1) is 0 Å². The molecule has 0 spiro atoms. The summed E-state index contributed by atoms with van der Waals surface area (Å²) in [6.45, 7) is 10.6. The van der Waals surface area contributed by atoms with E-state index < -0.39 is 0 Å². The maximum atomic E-state index is 11.5. The van der Waals surface area contributed by atoms with E-state index >= 15 is 0 Å². The van der Waals surface area contributed by atoms with Gasteiger partial charge in [0.25, 0.3) is 0 Å². The molecule has 0 aromatic rings. The minimum atomic E-state index is -0.0762. The van der Waals surface area contributed by atoms with Gasteiger partial charge in [-0.2, -0.15) is 0 Å². The Kier molecular flexibility index (Phi) is 18.7. The van der Waals surface area contributed by atoms with Gasteiger partial charge in [0.1, 0.15) is 6.61 Å². The molecule has 0 saturated carbocycles. The molecule has 2 N–H and O–H groups in total. The zero-order valence-electron chi connectivity index (χ0n) is 14.7. The number of nitrogens with one attached hydrogen (secondary N) is 2. The van der Waals surface area contributed by atoms with E-state index in [2.05, 4.69) is 17.6 Å². The van der Waals surface area contributed by atoms with Crippen molar-refractivity contribution in [3.63, 3.8) is 0 Å². The Hall–Kier alpha value is -0.730. The van der Waals surface area contributed by atoms with Crippen LogP contribution in [0.1, 0.15) is 29.5 Å². The van der Waals surface area contributed by atoms with Gasteiger partial charge >= 0.3 is 0 Å². The standard InChI is InChI=1S/C16H34N2O5.2H2/c1-3-17-7-5-6-8-18-16(19)15-23-14-13-22-12-11-21-10-9-20-4-2;;/h17H,3-15H2,1-2H3,(H,18,19);2*1H. The number of carbonyl (C=O) groups excluding carboxylic acids is 1. The van der Waals surface area contributed by atoms with E-state index in [1.807, 2.05) is 6.92 Å². The summed E-state index contributed by atoms with van der Waals surface area (Å²) < 4.78 is 21.0. The first-order chi connectivity index (χ1) is 11.3. The fourth-order valence-corrected chi connectivity index (χ4v) is 1.70. The van der Waals surface area contributed by atoms with Crippen LogP contribution in [-0.4, -0.2) is 78.4 Å². The lowest BCUT2D eigenvalue weighted by molar-refractivity contribution is -0.126. The van der Waals surface area contributed by atoms with E-state index in [1.54, 1.807) is 0 Å². The number of unbranched alkanes of at least 4 members (excludes halogenated alkanes) is 1. The first-order valence-electron chi connectivity index (χ1n) is 8.59. The molecule has 0 bridgehead atoms. The molecule has 23 heavy (non-hydrogen) atoms. The molecule has 0 radical (unpaired) electrons. The van der Waals surface area contributed by atoms with Crippen LogP contribution >= 0.6 is 0 Å². The fourth-order valence-electron chi connectivity index (χ4n) is 1.70. The highest BCUT2D eigenvalue weighted by molar-refractivity contribution is 5.77. The normalized spacial score (nSPS) is 10.9. The van der Waals surface area contributed by atoms with Crippen LogP contribution in [0, 0.1) is 0 Å². The van der Waals surface area contributed by atoms with Gasteiger partial charge in [-0.05, 0) is 32.9 Å². The molecule has 0 unspecified atom stereocenters. The molecule has 0 aromatic carbocycles. The highest BCUT2D eigenvalue weighted by atomic mass is 16.6. The lowest BCUT2D eigenvalue weighted by Crippen LogP contribution is -2.29. The van der Waals surface area contributed by atoms with Gasteiger partial charge in [0.05, 0.1) is 39.6 Å². The molecule has 0 rings (SSSR count). The summed E-state index contributed by atoms with van der Waals surface area (Å²) in [6, 6.07) is 0. The van der Waals surface area contributed by atoms with E-state index in [0.717, 1.165) is 25.9 Å². The van der Waals surface area contributed by atoms with Crippen molar-refractivity contribution in [3.05, 3.63) is 0 Å². The van der Waals surface area contributed by atoms with Crippen molar-refractivity contribution < 1.29 is 26.6 Å². The largest absolute Gasteiger partial charge is 0.379 e. The van der Waals surface area contributed by atoms with Crippen LogP contribution in [0.25, 0.3) is 0 Å². The highest BCUT2D eigenvalue weighted by Gasteiger charge is 2.00. The van der Waals surface area contributed by atoms with Crippen molar-refractivity contribution in [2.45, 2.75) is 26.7 Å². The second-order valence-corrected chi connectivity index (χ2v) is 4.88. The van der Waals surface area contributed by atoms with Crippen LogP contribution in [0.5, 0.6) is 0 Å². The van der Waals surface area contributed by atoms with Crippen LogP contribution in [-0.2, 0) is 23.7 Å². The highest BCUT2D eigenvalue weighted by Crippen LogP contribution is 1.86. The van der Waals surface area contributed by atoms with Crippen molar-refractivity contribution >= 4 is 5.91 Å². The van der Waals surface area contributed by atoms with Gasteiger partial charge < -0.3 is 29.6 Å². The average Bonchev–Trinajstić information content (AvgIpc) is 2.56. The summed E-state index contributed by atoms with van der Waals surface area (Å²) in [6.07, 6.45) is 2.04. The predicted octanol–water partition coefficient (Wildman–Crippen LogP) is 1.07. The lowest BCUT2D eigenvalue weighted by atomic mass is 10.3. The number of amides is 1. The second kappa shape index (κ2) is 19.3. The Balaban J connectivity index is -0.00000242. The fraction of sp³-hybridized carbons (Fsp3) is 0.938. The number of rotatable bonds is 18. The molecule has 7 heteroatoms. The monoisotopic (exact) mass is 338 g/mol. The topological polar surface area (TPSA) is 78.1 Å². The summed E-state index contributed by atoms with van der Waals surface area (Å²) in [5.41, 5.74) is 0. The molecule has 142 valence electrons. The predicted molar refractivity (Wildman–Crippen MR) is 94.0 cm³/mol. The van der Waals surface area contributed by atoms with Crippen LogP contribution in [0.3, 0.4) is 0 Å². The number of ether oxygens (including phenoxy) is 4. The van der Waals surface area contributed by atoms with Crippen LogP contribution in [0.15, 0.2) is 0 Å². The Bertz CT molecular complexity index is 265. The van der Waals surface area contributed by atoms with Crippen LogP contribution in [0.4, 0.5) is 0 Å². The third-order valence-corrected chi connectivity index (χ3v) is 2.91. The first kappa shape index (κ1) is 22.3. The Morgan fingerprint density at radius 2 is 1.39 bits per heavy atom.